The zero-order chi connectivity index (χ0) is 21.8. The molecule has 0 saturated heterocycles. The Morgan fingerprint density at radius 3 is 2.61 bits per heavy atom. The SMILES string of the molecule is Cc1cnc(CC[C@@H](C)[C@H]2CC[C@H]3[C@@H]4CC=C5C[C@@H](O)CC[C@]5(C)[C@H]4CC[C@]23C)nc1. The fraction of sp³-hybridized carbons (Fsp3) is 0.786. The van der Waals surface area contributed by atoms with Gasteiger partial charge in [0.25, 0.3) is 0 Å². The summed E-state index contributed by atoms with van der Waals surface area (Å²) in [4.78, 5) is 9.09. The summed E-state index contributed by atoms with van der Waals surface area (Å²) < 4.78 is 0. The average molecular weight is 423 g/mol. The summed E-state index contributed by atoms with van der Waals surface area (Å²) in [5.41, 5.74) is 3.60. The lowest BCUT2D eigenvalue weighted by molar-refractivity contribution is -0.0571. The molecule has 1 aromatic heterocycles. The summed E-state index contributed by atoms with van der Waals surface area (Å²) in [6.45, 7) is 9.75. The summed E-state index contributed by atoms with van der Waals surface area (Å²) in [6, 6.07) is 0. The number of nitrogens with zero attached hydrogens (tertiary/aromatic N) is 2. The molecule has 31 heavy (non-hydrogen) atoms. The highest BCUT2D eigenvalue weighted by molar-refractivity contribution is 5.25. The van der Waals surface area contributed by atoms with Crippen molar-refractivity contribution in [1.29, 1.82) is 0 Å². The van der Waals surface area contributed by atoms with E-state index in [1.165, 1.54) is 44.9 Å². The average Bonchev–Trinajstić information content (AvgIpc) is 3.11. The first kappa shape index (κ1) is 21.6. The van der Waals surface area contributed by atoms with Crippen LogP contribution in [-0.2, 0) is 6.42 Å². The van der Waals surface area contributed by atoms with Crippen molar-refractivity contribution < 1.29 is 5.11 Å². The van der Waals surface area contributed by atoms with Gasteiger partial charge in [0, 0.05) is 18.8 Å². The summed E-state index contributed by atoms with van der Waals surface area (Å²) >= 11 is 0. The van der Waals surface area contributed by atoms with Crippen LogP contribution in [0.15, 0.2) is 24.0 Å². The van der Waals surface area contributed by atoms with Gasteiger partial charge in [-0.25, -0.2) is 9.97 Å². The highest BCUT2D eigenvalue weighted by Crippen LogP contribution is 2.67. The van der Waals surface area contributed by atoms with Crippen LogP contribution < -0.4 is 0 Å². The molecule has 0 radical (unpaired) electrons. The summed E-state index contributed by atoms with van der Waals surface area (Å²) in [7, 11) is 0. The maximum absolute atomic E-state index is 10.2. The van der Waals surface area contributed by atoms with E-state index >= 15 is 0 Å². The molecular weight excluding hydrogens is 380 g/mol. The molecule has 3 nitrogen and oxygen atoms in total. The number of aryl methyl sites for hydroxylation is 2. The Morgan fingerprint density at radius 2 is 1.84 bits per heavy atom. The van der Waals surface area contributed by atoms with E-state index < -0.39 is 0 Å². The van der Waals surface area contributed by atoms with Crippen LogP contribution in [0.5, 0.6) is 0 Å². The molecule has 0 unspecified atom stereocenters. The fourth-order valence-electron chi connectivity index (χ4n) is 8.72. The molecule has 0 amide bonds. The summed E-state index contributed by atoms with van der Waals surface area (Å²) in [5.74, 6) is 5.18. The number of hydrogen-bond acceptors (Lipinski definition) is 3. The fourth-order valence-corrected chi connectivity index (χ4v) is 8.72. The molecule has 0 bridgehead atoms. The van der Waals surface area contributed by atoms with Gasteiger partial charge in [-0.2, -0.15) is 0 Å². The lowest BCUT2D eigenvalue weighted by Gasteiger charge is -2.58. The minimum Gasteiger partial charge on any atom is -0.393 e. The normalized spacial score (nSPS) is 42.9. The Kier molecular flexibility index (Phi) is 5.56. The van der Waals surface area contributed by atoms with Crippen LogP contribution in [0.4, 0.5) is 0 Å². The number of aromatic nitrogens is 2. The number of aliphatic hydroxyl groups is 1. The zero-order valence-electron chi connectivity index (χ0n) is 20.1. The third kappa shape index (κ3) is 3.59. The number of allylic oxidation sites excluding steroid dienone is 1. The first-order chi connectivity index (χ1) is 14.8. The number of rotatable bonds is 4. The minimum atomic E-state index is -0.0982. The Bertz CT molecular complexity index is 832. The highest BCUT2D eigenvalue weighted by Gasteiger charge is 2.59. The van der Waals surface area contributed by atoms with Crippen molar-refractivity contribution in [3.8, 4) is 0 Å². The first-order valence-electron chi connectivity index (χ1n) is 13.0. The first-order valence-corrected chi connectivity index (χ1v) is 13.0. The van der Waals surface area contributed by atoms with Gasteiger partial charge < -0.3 is 5.11 Å². The molecule has 1 N–H and O–H groups in total. The van der Waals surface area contributed by atoms with Gasteiger partial charge in [0.1, 0.15) is 5.82 Å². The summed E-state index contributed by atoms with van der Waals surface area (Å²) in [5, 5.41) is 10.2. The molecule has 1 aromatic rings. The van der Waals surface area contributed by atoms with Gasteiger partial charge in [0.15, 0.2) is 0 Å². The summed E-state index contributed by atoms with van der Waals surface area (Å²) in [6.07, 6.45) is 18.6. The van der Waals surface area contributed by atoms with Crippen molar-refractivity contribution in [3.05, 3.63) is 35.4 Å². The lowest BCUT2D eigenvalue weighted by Crippen LogP contribution is -2.50. The molecule has 1 heterocycles. The van der Waals surface area contributed by atoms with E-state index in [1.54, 1.807) is 5.57 Å². The van der Waals surface area contributed by atoms with Crippen LogP contribution >= 0.6 is 0 Å². The van der Waals surface area contributed by atoms with Crippen LogP contribution in [0.3, 0.4) is 0 Å². The van der Waals surface area contributed by atoms with Gasteiger partial charge in [-0.1, -0.05) is 32.4 Å². The number of fused-ring (bicyclic) bond motifs is 5. The molecule has 3 heteroatoms. The van der Waals surface area contributed by atoms with Crippen molar-refractivity contribution >= 4 is 0 Å². The molecule has 8 atom stereocenters. The van der Waals surface area contributed by atoms with E-state index in [2.05, 4.69) is 43.7 Å². The van der Waals surface area contributed by atoms with Crippen LogP contribution in [-0.4, -0.2) is 21.2 Å². The largest absolute Gasteiger partial charge is 0.393 e. The molecule has 170 valence electrons. The van der Waals surface area contributed by atoms with Crippen molar-refractivity contribution in [2.24, 2.45) is 40.4 Å². The maximum Gasteiger partial charge on any atom is 0.128 e. The molecule has 3 saturated carbocycles. The van der Waals surface area contributed by atoms with E-state index in [9.17, 15) is 5.11 Å². The van der Waals surface area contributed by atoms with Gasteiger partial charge >= 0.3 is 0 Å². The molecule has 4 aliphatic carbocycles. The second kappa shape index (κ2) is 7.97. The second-order valence-corrected chi connectivity index (χ2v) is 12.1. The highest BCUT2D eigenvalue weighted by atomic mass is 16.3. The molecule has 4 aliphatic rings. The maximum atomic E-state index is 10.2. The van der Waals surface area contributed by atoms with Crippen molar-refractivity contribution in [2.75, 3.05) is 0 Å². The second-order valence-electron chi connectivity index (χ2n) is 12.1. The van der Waals surface area contributed by atoms with Gasteiger partial charge in [-0.05, 0) is 111 Å². The van der Waals surface area contributed by atoms with Gasteiger partial charge in [-0.3, -0.25) is 0 Å². The van der Waals surface area contributed by atoms with Crippen molar-refractivity contribution in [1.82, 2.24) is 9.97 Å². The molecule has 0 aliphatic heterocycles. The predicted molar refractivity (Wildman–Crippen MR) is 125 cm³/mol. The predicted octanol–water partition coefficient (Wildman–Crippen LogP) is 6.29. The standard InChI is InChI=1S/C28H42N2O/c1-18-16-29-26(30-17-18)10-5-19(2)23-8-9-24-22-7-6-20-15-21(31)11-13-27(20,3)25(22)12-14-28(23,24)4/h6,16-17,19,21-25,31H,5,7-15H2,1-4H3/t19-,21+,22+,23-,24+,25+,27+,28-/m1/s1. The zero-order valence-corrected chi connectivity index (χ0v) is 20.1. The lowest BCUT2D eigenvalue weighted by atomic mass is 9.47. The van der Waals surface area contributed by atoms with Gasteiger partial charge in [0.05, 0.1) is 6.10 Å². The van der Waals surface area contributed by atoms with E-state index in [4.69, 9.17) is 0 Å². The topological polar surface area (TPSA) is 46.0 Å². The van der Waals surface area contributed by atoms with E-state index in [0.29, 0.717) is 10.8 Å². The van der Waals surface area contributed by atoms with Crippen LogP contribution in [0.1, 0.15) is 89.9 Å². The third-order valence-electron chi connectivity index (χ3n) is 10.5. The molecule has 5 rings (SSSR count). The Morgan fingerprint density at radius 1 is 1.06 bits per heavy atom. The molecular formula is C28H42N2O. The van der Waals surface area contributed by atoms with Crippen molar-refractivity contribution in [2.45, 2.75) is 98.0 Å². The van der Waals surface area contributed by atoms with E-state index in [1.807, 2.05) is 12.4 Å². The Hall–Kier alpha value is -1.22. The number of hydrogen-bond donors (Lipinski definition) is 1. The molecule has 0 spiro atoms. The van der Waals surface area contributed by atoms with E-state index in [-0.39, 0.29) is 6.10 Å². The minimum absolute atomic E-state index is 0.0982. The monoisotopic (exact) mass is 422 g/mol. The van der Waals surface area contributed by atoms with E-state index in [0.717, 1.165) is 60.2 Å². The van der Waals surface area contributed by atoms with Crippen molar-refractivity contribution in [3.63, 3.8) is 0 Å². The van der Waals surface area contributed by atoms with Crippen LogP contribution in [0.2, 0.25) is 0 Å². The quantitative estimate of drug-likeness (QED) is 0.580. The van der Waals surface area contributed by atoms with Crippen LogP contribution in [0.25, 0.3) is 0 Å². The molecule has 0 aromatic carbocycles. The Balaban J connectivity index is 1.30. The van der Waals surface area contributed by atoms with Gasteiger partial charge in [0.2, 0.25) is 0 Å². The number of aliphatic hydroxyl groups excluding tert-OH is 1. The van der Waals surface area contributed by atoms with Crippen LogP contribution in [0, 0.1) is 47.3 Å². The third-order valence-corrected chi connectivity index (χ3v) is 10.5. The van der Waals surface area contributed by atoms with Gasteiger partial charge in [-0.15, -0.1) is 0 Å². The smallest absolute Gasteiger partial charge is 0.128 e. The molecule has 3 fully saturated rings. The Labute approximate surface area is 189 Å².